The lowest BCUT2D eigenvalue weighted by molar-refractivity contribution is -0.185. The van der Waals surface area contributed by atoms with Crippen molar-refractivity contribution in [1.29, 1.82) is 0 Å². The smallest absolute Gasteiger partial charge is 0.420 e. The van der Waals surface area contributed by atoms with Gasteiger partial charge in [0, 0.05) is 6.54 Å². The van der Waals surface area contributed by atoms with Gasteiger partial charge in [0.2, 0.25) is 0 Å². The summed E-state index contributed by atoms with van der Waals surface area (Å²) >= 11 is 0. The summed E-state index contributed by atoms with van der Waals surface area (Å²) in [6, 6.07) is 7.54. The van der Waals surface area contributed by atoms with Crippen LogP contribution in [0.5, 0.6) is 5.75 Å². The van der Waals surface area contributed by atoms with E-state index in [-0.39, 0.29) is 36.8 Å². The Morgan fingerprint density at radius 1 is 0.964 bits per heavy atom. The topological polar surface area (TPSA) is 21.3 Å². The van der Waals surface area contributed by atoms with Crippen molar-refractivity contribution in [2.45, 2.75) is 50.7 Å². The number of fused-ring (bicyclic) bond motifs is 1. The van der Waals surface area contributed by atoms with Crippen LogP contribution in [-0.4, -0.2) is 19.3 Å². The molecule has 0 saturated heterocycles. The number of hydrogen-bond acceptors (Lipinski definition) is 2. The van der Waals surface area contributed by atoms with Crippen molar-refractivity contribution < 1.29 is 31.1 Å². The third-order valence-corrected chi connectivity index (χ3v) is 5.14. The van der Waals surface area contributed by atoms with E-state index < -0.39 is 29.9 Å². The van der Waals surface area contributed by atoms with Crippen molar-refractivity contribution in [2.24, 2.45) is 5.92 Å². The summed E-state index contributed by atoms with van der Waals surface area (Å²) in [5, 5.41) is 3.41. The first kappa shape index (κ1) is 20.8. The van der Waals surface area contributed by atoms with Crippen LogP contribution in [0.15, 0.2) is 30.3 Å². The van der Waals surface area contributed by atoms with Gasteiger partial charge in [0.15, 0.2) is 0 Å². The molecule has 0 aliphatic heterocycles. The third kappa shape index (κ3) is 4.54. The molecule has 2 nitrogen and oxygen atoms in total. The number of ether oxygens (including phenoxy) is 1. The Labute approximate surface area is 158 Å². The highest BCUT2D eigenvalue weighted by molar-refractivity contribution is 5.89. The molecule has 0 bridgehead atoms. The quantitative estimate of drug-likeness (QED) is 0.623. The molecule has 0 heterocycles. The number of hydrogen-bond donors (Lipinski definition) is 1. The van der Waals surface area contributed by atoms with E-state index >= 15 is 0 Å². The van der Waals surface area contributed by atoms with E-state index in [1.54, 1.807) is 25.2 Å². The van der Waals surface area contributed by atoms with Gasteiger partial charge in [0.25, 0.3) is 0 Å². The molecule has 28 heavy (non-hydrogen) atoms. The molecule has 1 fully saturated rings. The Balaban J connectivity index is 1.88. The van der Waals surface area contributed by atoms with Gasteiger partial charge in [0.05, 0.1) is 12.0 Å². The van der Waals surface area contributed by atoms with Gasteiger partial charge in [-0.15, -0.1) is 0 Å². The minimum absolute atomic E-state index is 0.0221. The number of nitrogens with one attached hydrogen (secondary N) is 1. The van der Waals surface area contributed by atoms with Crippen LogP contribution in [0.3, 0.4) is 0 Å². The van der Waals surface area contributed by atoms with Gasteiger partial charge in [-0.25, -0.2) is 0 Å². The lowest BCUT2D eigenvalue weighted by atomic mass is 9.87. The highest BCUT2D eigenvalue weighted by atomic mass is 19.4. The lowest BCUT2D eigenvalue weighted by Crippen LogP contribution is -2.32. The highest BCUT2D eigenvalue weighted by Gasteiger charge is 2.42. The van der Waals surface area contributed by atoms with Crippen LogP contribution >= 0.6 is 0 Å². The van der Waals surface area contributed by atoms with Crippen LogP contribution in [-0.2, 0) is 12.7 Å². The molecule has 1 N–H and O–H groups in total. The van der Waals surface area contributed by atoms with E-state index in [4.69, 9.17) is 4.74 Å². The van der Waals surface area contributed by atoms with Crippen LogP contribution < -0.4 is 10.1 Å². The molecular formula is C20H21F6NO. The first-order valence-electron chi connectivity index (χ1n) is 9.10. The second-order valence-electron chi connectivity index (χ2n) is 7.16. The Morgan fingerprint density at radius 2 is 1.64 bits per heavy atom. The van der Waals surface area contributed by atoms with Gasteiger partial charge in [0.1, 0.15) is 11.3 Å². The van der Waals surface area contributed by atoms with Crippen LogP contribution in [0.2, 0.25) is 0 Å². The molecule has 0 radical (unpaired) electrons. The maximum absolute atomic E-state index is 13.8. The fourth-order valence-electron chi connectivity index (χ4n) is 3.75. The van der Waals surface area contributed by atoms with E-state index in [1.165, 1.54) is 12.1 Å². The van der Waals surface area contributed by atoms with E-state index in [1.807, 2.05) is 0 Å². The van der Waals surface area contributed by atoms with Crippen molar-refractivity contribution in [3.05, 3.63) is 41.5 Å². The molecule has 1 saturated carbocycles. The average Bonchev–Trinajstić information content (AvgIpc) is 2.60. The van der Waals surface area contributed by atoms with Crippen LogP contribution in [0.25, 0.3) is 10.8 Å². The van der Waals surface area contributed by atoms with E-state index in [2.05, 4.69) is 5.32 Å². The van der Waals surface area contributed by atoms with Gasteiger partial charge in [-0.1, -0.05) is 18.2 Å². The van der Waals surface area contributed by atoms with Crippen molar-refractivity contribution >= 4 is 10.8 Å². The number of halogens is 6. The zero-order valence-corrected chi connectivity index (χ0v) is 15.3. The molecule has 0 amide bonds. The van der Waals surface area contributed by atoms with Gasteiger partial charge in [-0.3, -0.25) is 0 Å². The lowest BCUT2D eigenvalue weighted by Gasteiger charge is -2.31. The third-order valence-electron chi connectivity index (χ3n) is 5.14. The Morgan fingerprint density at radius 3 is 2.21 bits per heavy atom. The van der Waals surface area contributed by atoms with Crippen LogP contribution in [0.1, 0.15) is 36.8 Å². The van der Waals surface area contributed by atoms with Crippen molar-refractivity contribution in [3.63, 3.8) is 0 Å². The predicted molar refractivity (Wildman–Crippen MR) is 94.1 cm³/mol. The molecule has 0 atom stereocenters. The predicted octanol–water partition coefficient (Wildman–Crippen LogP) is 6.08. The van der Waals surface area contributed by atoms with Crippen molar-refractivity contribution in [3.8, 4) is 5.75 Å². The molecule has 3 rings (SSSR count). The number of rotatable bonds is 4. The van der Waals surface area contributed by atoms with Gasteiger partial charge in [-0.2, -0.15) is 26.3 Å². The van der Waals surface area contributed by atoms with E-state index in [9.17, 15) is 26.3 Å². The monoisotopic (exact) mass is 405 g/mol. The standard InChI is InChI=1S/C20H21F6NO/c1-27-11-12-2-8-16-13(10-12)3-9-17(18(16)20(24,25)26)28-15-6-4-14(5-7-15)19(21,22)23/h2-3,8-10,14-15,27H,4-7,11H2,1H3. The van der Waals surface area contributed by atoms with Crippen LogP contribution in [0.4, 0.5) is 26.3 Å². The first-order valence-corrected chi connectivity index (χ1v) is 9.10. The fraction of sp³-hybridized carbons (Fsp3) is 0.500. The van der Waals surface area contributed by atoms with Gasteiger partial charge < -0.3 is 10.1 Å². The zero-order valence-electron chi connectivity index (χ0n) is 15.3. The van der Waals surface area contributed by atoms with Crippen molar-refractivity contribution in [2.75, 3.05) is 7.05 Å². The maximum atomic E-state index is 13.8. The normalized spacial score (nSPS) is 21.1. The first-order chi connectivity index (χ1) is 13.1. The summed E-state index contributed by atoms with van der Waals surface area (Å²) in [5.41, 5.74) is -0.0266. The Kier molecular flexibility index (Phi) is 5.79. The second kappa shape index (κ2) is 7.81. The molecule has 8 heteroatoms. The van der Waals surface area contributed by atoms with E-state index in [0.29, 0.717) is 11.9 Å². The highest BCUT2D eigenvalue weighted by Crippen LogP contribution is 2.44. The Hall–Kier alpha value is -1.96. The SMILES string of the molecule is CNCc1ccc2c(C(F)(F)F)c(OC3CCC(C(F)(F)F)CC3)ccc2c1. The number of benzene rings is 2. The summed E-state index contributed by atoms with van der Waals surface area (Å²) in [6.07, 6.45) is -9.65. The second-order valence-corrected chi connectivity index (χ2v) is 7.16. The fourth-order valence-corrected chi connectivity index (χ4v) is 3.75. The molecule has 2 aromatic carbocycles. The molecule has 1 aliphatic rings. The number of alkyl halides is 6. The van der Waals surface area contributed by atoms with Gasteiger partial charge in [-0.05, 0) is 61.2 Å². The molecule has 2 aromatic rings. The molecule has 1 aliphatic carbocycles. The zero-order chi connectivity index (χ0) is 20.5. The summed E-state index contributed by atoms with van der Waals surface area (Å²) in [6.45, 7) is 0.526. The molecular weight excluding hydrogens is 384 g/mol. The van der Waals surface area contributed by atoms with Crippen molar-refractivity contribution in [1.82, 2.24) is 5.32 Å². The maximum Gasteiger partial charge on any atom is 0.420 e. The summed E-state index contributed by atoms with van der Waals surface area (Å²) < 4.78 is 85.2. The van der Waals surface area contributed by atoms with Crippen LogP contribution in [0, 0.1) is 5.92 Å². The molecule has 154 valence electrons. The minimum Gasteiger partial charge on any atom is -0.490 e. The van der Waals surface area contributed by atoms with E-state index in [0.717, 1.165) is 5.56 Å². The summed E-state index contributed by atoms with van der Waals surface area (Å²) in [5.74, 6) is -1.73. The summed E-state index contributed by atoms with van der Waals surface area (Å²) in [4.78, 5) is 0. The molecule has 0 unspecified atom stereocenters. The average molecular weight is 405 g/mol. The summed E-state index contributed by atoms with van der Waals surface area (Å²) in [7, 11) is 1.75. The largest absolute Gasteiger partial charge is 0.490 e. The molecule has 0 spiro atoms. The Bertz CT molecular complexity index is 822. The van der Waals surface area contributed by atoms with Gasteiger partial charge >= 0.3 is 12.4 Å². The molecule has 0 aromatic heterocycles. The minimum atomic E-state index is -4.64.